The Morgan fingerprint density at radius 3 is 2.03 bits per heavy atom. The summed E-state index contributed by atoms with van der Waals surface area (Å²) in [6, 6.07) is 11.7. The van der Waals surface area contributed by atoms with Crippen molar-refractivity contribution in [3.05, 3.63) is 66.5 Å². The van der Waals surface area contributed by atoms with Crippen LogP contribution in [0.25, 0.3) is 0 Å². The molecule has 0 spiro atoms. The van der Waals surface area contributed by atoms with Gasteiger partial charge in [-0.1, -0.05) is 12.2 Å². The van der Waals surface area contributed by atoms with Crippen molar-refractivity contribution < 1.29 is 28.3 Å². The first kappa shape index (κ1) is 21.1. The first-order valence-corrected chi connectivity index (χ1v) is 10.8. The van der Waals surface area contributed by atoms with E-state index in [9.17, 15) is 23.6 Å². The number of amides is 3. The van der Waals surface area contributed by atoms with Crippen LogP contribution >= 0.6 is 0 Å². The van der Waals surface area contributed by atoms with Crippen molar-refractivity contribution in [1.82, 2.24) is 0 Å². The number of nitrogens with zero attached hydrogens (tertiary/aromatic N) is 2. The largest absolute Gasteiger partial charge is 0.426 e. The van der Waals surface area contributed by atoms with Gasteiger partial charge in [-0.25, -0.2) is 4.39 Å². The zero-order chi connectivity index (χ0) is 23.1. The molecule has 2 aromatic carbocycles. The highest BCUT2D eigenvalue weighted by Gasteiger charge is 2.47. The van der Waals surface area contributed by atoms with Crippen LogP contribution in [0.2, 0.25) is 0 Å². The molecule has 2 aromatic rings. The maximum absolute atomic E-state index is 13.1. The third-order valence-electron chi connectivity index (χ3n) is 6.42. The molecule has 2 fully saturated rings. The summed E-state index contributed by atoms with van der Waals surface area (Å²) in [7, 11) is 0. The van der Waals surface area contributed by atoms with E-state index in [1.165, 1.54) is 46.2 Å². The molecule has 0 aromatic heterocycles. The van der Waals surface area contributed by atoms with Crippen LogP contribution in [0.15, 0.2) is 60.7 Å². The van der Waals surface area contributed by atoms with E-state index in [1.54, 1.807) is 12.1 Å². The van der Waals surface area contributed by atoms with Crippen LogP contribution in [0.4, 0.5) is 15.8 Å². The van der Waals surface area contributed by atoms with Gasteiger partial charge in [0, 0.05) is 18.7 Å². The summed E-state index contributed by atoms with van der Waals surface area (Å²) in [5, 5.41) is 0. The van der Waals surface area contributed by atoms with Gasteiger partial charge in [0.1, 0.15) is 11.6 Å². The van der Waals surface area contributed by atoms with Crippen LogP contribution in [0.3, 0.4) is 0 Å². The zero-order valence-corrected chi connectivity index (χ0v) is 17.6. The Kier molecular flexibility index (Phi) is 5.28. The van der Waals surface area contributed by atoms with Crippen LogP contribution in [0, 0.1) is 23.6 Å². The number of halogens is 1. The summed E-state index contributed by atoms with van der Waals surface area (Å²) in [5.41, 5.74) is 0.967. The molecular weight excluding hydrogens is 427 g/mol. The quantitative estimate of drug-likeness (QED) is 0.310. The molecule has 3 atom stereocenters. The fraction of sp³-hybridized carbons (Fsp3) is 0.280. The standard InChI is InChI=1S/C25H21FN2O5/c26-16-5-7-17(8-6-16)27-14-15(13-22(27)29)25(32)33-19-11-9-18(10-12-19)28-23(30)20-3-1-2-4-21(20)24(28)31/h1-2,5-12,15,20-21H,3-4,13-14H2/t15-,20-,21+/m0/s1. The predicted molar refractivity (Wildman–Crippen MR) is 117 cm³/mol. The van der Waals surface area contributed by atoms with Gasteiger partial charge >= 0.3 is 5.97 Å². The maximum Gasteiger partial charge on any atom is 0.316 e. The van der Waals surface area contributed by atoms with E-state index < -0.39 is 17.7 Å². The monoisotopic (exact) mass is 448 g/mol. The number of fused-ring (bicyclic) bond motifs is 1. The highest BCUT2D eigenvalue weighted by molar-refractivity contribution is 6.22. The number of carbonyl (C=O) groups excluding carboxylic acids is 4. The number of carbonyl (C=O) groups is 4. The summed E-state index contributed by atoms with van der Waals surface area (Å²) >= 11 is 0. The van der Waals surface area contributed by atoms with E-state index in [0.29, 0.717) is 24.2 Å². The van der Waals surface area contributed by atoms with Gasteiger partial charge < -0.3 is 9.64 Å². The third-order valence-corrected chi connectivity index (χ3v) is 6.42. The predicted octanol–water partition coefficient (Wildman–Crippen LogP) is 3.24. The second kappa shape index (κ2) is 8.27. The fourth-order valence-corrected chi connectivity index (χ4v) is 4.65. The average Bonchev–Trinajstić information content (AvgIpc) is 3.33. The van der Waals surface area contributed by atoms with Gasteiger partial charge in [0.15, 0.2) is 0 Å². The number of imide groups is 1. The highest BCUT2D eigenvalue weighted by atomic mass is 19.1. The molecule has 0 saturated carbocycles. The lowest BCUT2D eigenvalue weighted by Gasteiger charge is -2.17. The molecule has 0 radical (unpaired) electrons. The summed E-state index contributed by atoms with van der Waals surface area (Å²) < 4.78 is 18.6. The normalized spacial score (nSPS) is 24.4. The molecule has 8 heteroatoms. The number of hydrogen-bond donors (Lipinski definition) is 0. The summed E-state index contributed by atoms with van der Waals surface area (Å²) in [5.74, 6) is -2.62. The van der Waals surface area contributed by atoms with E-state index in [4.69, 9.17) is 4.74 Å². The van der Waals surface area contributed by atoms with E-state index in [1.807, 2.05) is 12.2 Å². The van der Waals surface area contributed by atoms with Crippen LogP contribution in [-0.4, -0.2) is 30.2 Å². The molecule has 3 amide bonds. The maximum atomic E-state index is 13.1. The average molecular weight is 448 g/mol. The van der Waals surface area contributed by atoms with Crippen LogP contribution in [0.1, 0.15) is 19.3 Å². The van der Waals surface area contributed by atoms with Gasteiger partial charge in [-0.15, -0.1) is 0 Å². The van der Waals surface area contributed by atoms with Crippen molar-refractivity contribution in [2.75, 3.05) is 16.3 Å². The number of rotatable bonds is 4. The van der Waals surface area contributed by atoms with Gasteiger partial charge in [0.2, 0.25) is 17.7 Å². The number of ether oxygens (including phenoxy) is 1. The summed E-state index contributed by atoms with van der Waals surface area (Å²) in [6.45, 7) is 0.148. The lowest BCUT2D eigenvalue weighted by molar-refractivity contribution is -0.139. The van der Waals surface area contributed by atoms with Gasteiger partial charge in [-0.2, -0.15) is 0 Å². The lowest BCUT2D eigenvalue weighted by Crippen LogP contribution is -2.30. The Bertz CT molecular complexity index is 1130. The van der Waals surface area contributed by atoms with Crippen molar-refractivity contribution >= 4 is 35.1 Å². The molecule has 0 N–H and O–H groups in total. The van der Waals surface area contributed by atoms with Gasteiger partial charge in [-0.3, -0.25) is 24.1 Å². The van der Waals surface area contributed by atoms with Gasteiger partial charge in [0.05, 0.1) is 23.4 Å². The molecule has 3 aliphatic rings. The van der Waals surface area contributed by atoms with E-state index in [-0.39, 0.29) is 48.3 Å². The molecule has 0 bridgehead atoms. The first-order chi connectivity index (χ1) is 15.9. The second-order valence-corrected chi connectivity index (χ2v) is 8.46. The molecule has 2 heterocycles. The molecular formula is C25H21FN2O5. The Morgan fingerprint density at radius 1 is 0.848 bits per heavy atom. The topological polar surface area (TPSA) is 84.0 Å². The molecule has 2 aliphatic heterocycles. The van der Waals surface area contributed by atoms with Crippen molar-refractivity contribution in [2.24, 2.45) is 17.8 Å². The fourth-order valence-electron chi connectivity index (χ4n) is 4.65. The Hall–Kier alpha value is -3.81. The van der Waals surface area contributed by atoms with Crippen molar-refractivity contribution in [1.29, 1.82) is 0 Å². The molecule has 0 unspecified atom stereocenters. The molecule has 2 saturated heterocycles. The molecule has 33 heavy (non-hydrogen) atoms. The summed E-state index contributed by atoms with van der Waals surface area (Å²) in [6.07, 6.45) is 5.00. The van der Waals surface area contributed by atoms with Gasteiger partial charge in [0.25, 0.3) is 0 Å². The van der Waals surface area contributed by atoms with Crippen molar-refractivity contribution in [3.63, 3.8) is 0 Å². The SMILES string of the molecule is O=C(Oc1ccc(N2C(=O)[C@H]3CC=CC[C@H]3C2=O)cc1)[C@H]1CC(=O)N(c2ccc(F)cc2)C1. The van der Waals surface area contributed by atoms with Gasteiger partial charge in [-0.05, 0) is 61.4 Å². The number of hydrogen-bond acceptors (Lipinski definition) is 5. The Balaban J connectivity index is 1.24. The summed E-state index contributed by atoms with van der Waals surface area (Å²) in [4.78, 5) is 53.0. The molecule has 5 rings (SSSR count). The Labute approximate surface area is 189 Å². The van der Waals surface area contributed by atoms with Crippen LogP contribution in [-0.2, 0) is 19.2 Å². The van der Waals surface area contributed by atoms with E-state index >= 15 is 0 Å². The molecule has 7 nitrogen and oxygen atoms in total. The number of benzene rings is 2. The minimum atomic E-state index is -0.653. The minimum Gasteiger partial charge on any atom is -0.426 e. The minimum absolute atomic E-state index is 0.00187. The second-order valence-electron chi connectivity index (χ2n) is 8.46. The van der Waals surface area contributed by atoms with Crippen LogP contribution in [0.5, 0.6) is 5.75 Å². The number of esters is 1. The van der Waals surface area contributed by atoms with Crippen molar-refractivity contribution in [2.45, 2.75) is 19.3 Å². The van der Waals surface area contributed by atoms with Crippen LogP contribution < -0.4 is 14.5 Å². The van der Waals surface area contributed by atoms with E-state index in [2.05, 4.69) is 0 Å². The number of anilines is 2. The lowest BCUT2D eigenvalue weighted by atomic mass is 9.85. The smallest absolute Gasteiger partial charge is 0.316 e. The number of allylic oxidation sites excluding steroid dienone is 2. The highest BCUT2D eigenvalue weighted by Crippen LogP contribution is 2.38. The van der Waals surface area contributed by atoms with Crippen molar-refractivity contribution in [3.8, 4) is 5.75 Å². The molecule has 1 aliphatic carbocycles. The molecule has 168 valence electrons. The Morgan fingerprint density at radius 2 is 1.42 bits per heavy atom. The van der Waals surface area contributed by atoms with E-state index in [0.717, 1.165) is 0 Å². The first-order valence-electron chi connectivity index (χ1n) is 10.8. The zero-order valence-electron chi connectivity index (χ0n) is 17.6. The third kappa shape index (κ3) is 3.82.